The second-order valence-electron chi connectivity index (χ2n) is 7.46. The Hall–Kier alpha value is -2.33. The Morgan fingerprint density at radius 2 is 1.73 bits per heavy atom. The lowest BCUT2D eigenvalue weighted by molar-refractivity contribution is 0.0641. The Morgan fingerprint density at radius 3 is 2.35 bits per heavy atom. The zero-order valence-electron chi connectivity index (χ0n) is 15.9. The molecule has 26 heavy (non-hydrogen) atoms. The van der Waals surface area contributed by atoms with Gasteiger partial charge in [-0.05, 0) is 75.2 Å². The largest absolute Gasteiger partial charge is 0.508 e. The zero-order chi connectivity index (χ0) is 18.7. The zero-order valence-corrected chi connectivity index (χ0v) is 15.9. The average molecular weight is 352 g/mol. The monoisotopic (exact) mass is 352 g/mol. The van der Waals surface area contributed by atoms with Gasteiger partial charge >= 0.3 is 0 Å². The van der Waals surface area contributed by atoms with E-state index in [4.69, 9.17) is 0 Å². The van der Waals surface area contributed by atoms with Crippen molar-refractivity contribution in [3.8, 4) is 16.9 Å². The predicted octanol–water partition coefficient (Wildman–Crippen LogP) is 3.86. The molecule has 138 valence electrons. The van der Waals surface area contributed by atoms with Crippen LogP contribution in [0.4, 0.5) is 0 Å². The minimum absolute atomic E-state index is 0.113. The summed E-state index contributed by atoms with van der Waals surface area (Å²) in [5.41, 5.74) is 2.72. The summed E-state index contributed by atoms with van der Waals surface area (Å²) >= 11 is 0. The van der Waals surface area contributed by atoms with Crippen molar-refractivity contribution in [3.63, 3.8) is 0 Å². The molecule has 1 saturated heterocycles. The standard InChI is InChI=1S/C22H28N2O2/c1-16(23(2)3)17-11-13-24(14-12-17)22(26)20-6-4-5-19(15-20)18-7-9-21(25)10-8-18/h4-10,15-17,25H,11-14H2,1-3H3/t16-/m0/s1. The van der Waals surface area contributed by atoms with Gasteiger partial charge in [0.2, 0.25) is 0 Å². The van der Waals surface area contributed by atoms with Crippen molar-refractivity contribution < 1.29 is 9.90 Å². The van der Waals surface area contributed by atoms with Crippen molar-refractivity contribution >= 4 is 5.91 Å². The maximum absolute atomic E-state index is 12.9. The quantitative estimate of drug-likeness (QED) is 0.909. The van der Waals surface area contributed by atoms with Crippen molar-refractivity contribution in [1.29, 1.82) is 0 Å². The van der Waals surface area contributed by atoms with Crippen molar-refractivity contribution in [3.05, 3.63) is 54.1 Å². The molecule has 3 rings (SSSR count). The number of carbonyl (C=O) groups is 1. The fourth-order valence-corrected chi connectivity index (χ4v) is 3.67. The molecular formula is C22H28N2O2. The van der Waals surface area contributed by atoms with Gasteiger partial charge in [0.05, 0.1) is 0 Å². The Kier molecular flexibility index (Phi) is 5.62. The highest BCUT2D eigenvalue weighted by atomic mass is 16.3. The van der Waals surface area contributed by atoms with E-state index in [2.05, 4.69) is 25.9 Å². The molecule has 1 aliphatic rings. The summed E-state index contributed by atoms with van der Waals surface area (Å²) in [5, 5.41) is 9.45. The van der Waals surface area contributed by atoms with Crippen LogP contribution in [0.3, 0.4) is 0 Å². The van der Waals surface area contributed by atoms with Crippen LogP contribution in [0.25, 0.3) is 11.1 Å². The first kappa shape index (κ1) is 18.5. The summed E-state index contributed by atoms with van der Waals surface area (Å²) in [6.45, 7) is 3.92. The van der Waals surface area contributed by atoms with Crippen LogP contribution in [-0.2, 0) is 0 Å². The summed E-state index contributed by atoms with van der Waals surface area (Å²) in [7, 11) is 4.24. The molecule has 0 spiro atoms. The van der Waals surface area contributed by atoms with Gasteiger partial charge in [0.15, 0.2) is 0 Å². The van der Waals surface area contributed by atoms with Crippen LogP contribution < -0.4 is 0 Å². The molecule has 1 heterocycles. The summed E-state index contributed by atoms with van der Waals surface area (Å²) in [6.07, 6.45) is 2.12. The molecule has 4 nitrogen and oxygen atoms in total. The Balaban J connectivity index is 1.69. The molecule has 1 atom stereocenters. The van der Waals surface area contributed by atoms with E-state index in [9.17, 15) is 9.90 Å². The van der Waals surface area contributed by atoms with Crippen molar-refractivity contribution in [2.45, 2.75) is 25.8 Å². The number of phenols is 1. The van der Waals surface area contributed by atoms with Gasteiger partial charge in [0.1, 0.15) is 5.75 Å². The summed E-state index contributed by atoms with van der Waals surface area (Å²) in [4.78, 5) is 17.2. The summed E-state index contributed by atoms with van der Waals surface area (Å²) < 4.78 is 0. The van der Waals surface area contributed by atoms with Gasteiger partial charge in [-0.3, -0.25) is 4.79 Å². The lowest BCUT2D eigenvalue weighted by atomic mass is 9.89. The second-order valence-corrected chi connectivity index (χ2v) is 7.46. The number of aromatic hydroxyl groups is 1. The van der Waals surface area contributed by atoms with Crippen LogP contribution in [0.15, 0.2) is 48.5 Å². The minimum Gasteiger partial charge on any atom is -0.508 e. The number of hydrogen-bond acceptors (Lipinski definition) is 3. The molecule has 2 aromatic carbocycles. The highest BCUT2D eigenvalue weighted by Crippen LogP contribution is 2.26. The van der Waals surface area contributed by atoms with E-state index in [0.29, 0.717) is 12.0 Å². The van der Waals surface area contributed by atoms with E-state index in [1.807, 2.05) is 41.3 Å². The highest BCUT2D eigenvalue weighted by molar-refractivity contribution is 5.95. The van der Waals surface area contributed by atoms with E-state index in [1.165, 1.54) is 0 Å². The fraction of sp³-hybridized carbons (Fsp3) is 0.409. The Labute approximate surface area is 156 Å². The minimum atomic E-state index is 0.113. The third-order valence-corrected chi connectivity index (χ3v) is 5.63. The van der Waals surface area contributed by atoms with Gasteiger partial charge in [-0.1, -0.05) is 24.3 Å². The van der Waals surface area contributed by atoms with Crippen molar-refractivity contribution in [1.82, 2.24) is 9.80 Å². The maximum atomic E-state index is 12.9. The van der Waals surface area contributed by atoms with Gasteiger partial charge in [-0.25, -0.2) is 0 Å². The predicted molar refractivity (Wildman–Crippen MR) is 105 cm³/mol. The van der Waals surface area contributed by atoms with Gasteiger partial charge in [-0.2, -0.15) is 0 Å². The summed E-state index contributed by atoms with van der Waals surface area (Å²) in [5.74, 6) is 1.01. The number of likely N-dealkylation sites (tertiary alicyclic amines) is 1. The van der Waals surface area contributed by atoms with Gasteiger partial charge < -0.3 is 14.9 Å². The van der Waals surface area contributed by atoms with Crippen molar-refractivity contribution in [2.75, 3.05) is 27.2 Å². The lowest BCUT2D eigenvalue weighted by Gasteiger charge is -2.37. The number of rotatable bonds is 4. The SMILES string of the molecule is C[C@@H](C1CCN(C(=O)c2cccc(-c3ccc(O)cc3)c2)CC1)N(C)C. The molecular weight excluding hydrogens is 324 g/mol. The van der Waals surface area contributed by atoms with Crippen LogP contribution in [0.5, 0.6) is 5.75 Å². The molecule has 1 N–H and O–H groups in total. The van der Waals surface area contributed by atoms with Crippen LogP contribution in [0.1, 0.15) is 30.1 Å². The molecule has 0 radical (unpaired) electrons. The van der Waals surface area contributed by atoms with Crippen LogP contribution in [0.2, 0.25) is 0 Å². The highest BCUT2D eigenvalue weighted by Gasteiger charge is 2.27. The van der Waals surface area contributed by atoms with Crippen LogP contribution in [-0.4, -0.2) is 54.0 Å². The van der Waals surface area contributed by atoms with E-state index >= 15 is 0 Å². The van der Waals surface area contributed by atoms with E-state index in [-0.39, 0.29) is 11.7 Å². The molecule has 4 heteroatoms. The first-order valence-corrected chi connectivity index (χ1v) is 9.31. The van der Waals surface area contributed by atoms with Gasteiger partial charge in [0, 0.05) is 24.7 Å². The first-order chi connectivity index (χ1) is 12.5. The third-order valence-electron chi connectivity index (χ3n) is 5.63. The maximum Gasteiger partial charge on any atom is 0.253 e. The number of hydrogen-bond donors (Lipinski definition) is 1. The molecule has 1 amide bonds. The lowest BCUT2D eigenvalue weighted by Crippen LogP contribution is -2.43. The Bertz CT molecular complexity index is 747. The van der Waals surface area contributed by atoms with Crippen molar-refractivity contribution in [2.24, 2.45) is 5.92 Å². The van der Waals surface area contributed by atoms with Crippen LogP contribution >= 0.6 is 0 Å². The van der Waals surface area contributed by atoms with E-state index in [0.717, 1.165) is 42.6 Å². The normalized spacial score (nSPS) is 16.7. The Morgan fingerprint density at radius 1 is 1.08 bits per heavy atom. The smallest absolute Gasteiger partial charge is 0.253 e. The molecule has 0 saturated carbocycles. The number of phenolic OH excluding ortho intramolecular Hbond substituents is 1. The molecule has 2 aromatic rings. The number of piperidine rings is 1. The number of carbonyl (C=O) groups excluding carboxylic acids is 1. The number of nitrogens with zero attached hydrogens (tertiary/aromatic N) is 2. The number of benzene rings is 2. The average Bonchev–Trinajstić information content (AvgIpc) is 2.67. The fourth-order valence-electron chi connectivity index (χ4n) is 3.67. The molecule has 0 bridgehead atoms. The summed E-state index contributed by atoms with van der Waals surface area (Å²) in [6, 6.07) is 15.4. The number of amides is 1. The molecule has 0 aliphatic carbocycles. The van der Waals surface area contributed by atoms with E-state index < -0.39 is 0 Å². The van der Waals surface area contributed by atoms with Gasteiger partial charge in [0.25, 0.3) is 5.91 Å². The second kappa shape index (κ2) is 7.92. The van der Waals surface area contributed by atoms with Gasteiger partial charge in [-0.15, -0.1) is 0 Å². The molecule has 0 aromatic heterocycles. The molecule has 0 unspecified atom stereocenters. The van der Waals surface area contributed by atoms with E-state index in [1.54, 1.807) is 12.1 Å². The molecule has 1 fully saturated rings. The topological polar surface area (TPSA) is 43.8 Å². The molecule has 1 aliphatic heterocycles. The first-order valence-electron chi connectivity index (χ1n) is 9.31. The third kappa shape index (κ3) is 4.07. The van der Waals surface area contributed by atoms with Crippen LogP contribution in [0, 0.1) is 5.92 Å².